The molecule has 26 heavy (non-hydrogen) atoms. The summed E-state index contributed by atoms with van der Waals surface area (Å²) in [5.74, 6) is -1.07. The monoisotopic (exact) mass is 346 g/mol. The molecule has 130 valence electrons. The molecule has 0 spiro atoms. The van der Waals surface area contributed by atoms with E-state index in [1.165, 1.54) is 23.9 Å². The maximum Gasteiger partial charge on any atom is 0.280 e. The molecule has 1 aromatic carbocycles. The maximum atomic E-state index is 12.4. The summed E-state index contributed by atoms with van der Waals surface area (Å²) in [5.41, 5.74) is 8.40. The molecule has 3 rings (SSSR count). The van der Waals surface area contributed by atoms with Gasteiger partial charge in [-0.2, -0.15) is 4.99 Å². The van der Waals surface area contributed by atoms with Gasteiger partial charge in [-0.1, -0.05) is 35.9 Å². The average molecular weight is 346 g/mol. The van der Waals surface area contributed by atoms with Gasteiger partial charge in [0.15, 0.2) is 0 Å². The van der Waals surface area contributed by atoms with Crippen LogP contribution in [0.1, 0.15) is 32.0 Å². The lowest BCUT2D eigenvalue weighted by Gasteiger charge is -2.08. The van der Waals surface area contributed by atoms with Crippen LogP contribution in [0.25, 0.3) is 0 Å². The molecule has 0 atom stereocenters. The molecular weight excluding hydrogens is 328 g/mol. The smallest absolute Gasteiger partial charge is 0.280 e. The third-order valence-electron chi connectivity index (χ3n) is 3.87. The number of rotatable bonds is 4. The Kier molecular flexibility index (Phi) is 5.03. The summed E-state index contributed by atoms with van der Waals surface area (Å²) in [6.45, 7) is 2.64. The van der Waals surface area contributed by atoms with Gasteiger partial charge < -0.3 is 10.3 Å². The molecule has 6 heteroatoms. The fourth-order valence-electron chi connectivity index (χ4n) is 2.43. The normalized spacial score (nSPS) is 11.3. The number of carbonyl (C=O) groups is 2. The molecule has 0 saturated carbocycles. The van der Waals surface area contributed by atoms with Gasteiger partial charge in [0.1, 0.15) is 11.2 Å². The Hall–Kier alpha value is -3.54. The summed E-state index contributed by atoms with van der Waals surface area (Å²) in [5, 5.41) is 0. The zero-order valence-corrected chi connectivity index (χ0v) is 14.3. The van der Waals surface area contributed by atoms with Crippen LogP contribution in [0.5, 0.6) is 0 Å². The Morgan fingerprint density at radius 1 is 1.08 bits per heavy atom. The maximum absolute atomic E-state index is 12.4. The second kappa shape index (κ2) is 7.57. The first-order valence-electron chi connectivity index (χ1n) is 8.09. The quantitative estimate of drug-likeness (QED) is 0.784. The Bertz CT molecular complexity index is 1000. The first-order chi connectivity index (χ1) is 12.5. The first-order valence-corrected chi connectivity index (χ1v) is 8.09. The lowest BCUT2D eigenvalue weighted by atomic mass is 10.1. The van der Waals surface area contributed by atoms with E-state index < -0.39 is 11.8 Å². The minimum Gasteiger partial charge on any atom is -0.364 e. The molecule has 0 radical (unpaired) electrons. The summed E-state index contributed by atoms with van der Waals surface area (Å²) in [7, 11) is 0. The largest absolute Gasteiger partial charge is 0.364 e. The van der Waals surface area contributed by atoms with Crippen molar-refractivity contribution in [2.45, 2.75) is 13.5 Å². The van der Waals surface area contributed by atoms with E-state index in [1.807, 2.05) is 54.1 Å². The molecule has 0 aliphatic carbocycles. The lowest BCUT2D eigenvalue weighted by Crippen LogP contribution is -2.22. The van der Waals surface area contributed by atoms with Gasteiger partial charge in [-0.05, 0) is 36.8 Å². The van der Waals surface area contributed by atoms with Gasteiger partial charge in [0.2, 0.25) is 0 Å². The van der Waals surface area contributed by atoms with Crippen molar-refractivity contribution in [2.24, 2.45) is 10.7 Å². The molecule has 2 N–H and O–H groups in total. The fourth-order valence-corrected chi connectivity index (χ4v) is 2.43. The summed E-state index contributed by atoms with van der Waals surface area (Å²) in [6, 6.07) is 16.6. The van der Waals surface area contributed by atoms with Crippen LogP contribution in [0.15, 0.2) is 72.0 Å². The van der Waals surface area contributed by atoms with Crippen molar-refractivity contribution in [3.05, 3.63) is 94.9 Å². The number of hydrogen-bond donors (Lipinski definition) is 1. The average Bonchev–Trinajstić information content (AvgIpc) is 2.65. The molecule has 0 aliphatic heterocycles. The first kappa shape index (κ1) is 17.3. The molecule has 0 bridgehead atoms. The predicted octanol–water partition coefficient (Wildman–Crippen LogP) is 2.08. The van der Waals surface area contributed by atoms with Crippen LogP contribution in [0, 0.1) is 6.92 Å². The topological polar surface area (TPSA) is 90.3 Å². The van der Waals surface area contributed by atoms with Gasteiger partial charge in [-0.3, -0.25) is 14.6 Å². The minimum absolute atomic E-state index is 0.107. The van der Waals surface area contributed by atoms with Crippen molar-refractivity contribution in [1.29, 1.82) is 0 Å². The van der Waals surface area contributed by atoms with E-state index in [0.717, 1.165) is 5.56 Å². The second-order valence-corrected chi connectivity index (χ2v) is 5.89. The van der Waals surface area contributed by atoms with Gasteiger partial charge in [0.05, 0.1) is 5.56 Å². The van der Waals surface area contributed by atoms with Gasteiger partial charge >= 0.3 is 0 Å². The van der Waals surface area contributed by atoms with Crippen LogP contribution in [0.2, 0.25) is 0 Å². The highest BCUT2D eigenvalue weighted by Crippen LogP contribution is 2.05. The molecule has 0 unspecified atom stereocenters. The molecule has 0 saturated heterocycles. The standard InChI is InChI=1S/C20H18N4O2/c1-14-5-7-15(8-6-14)13-24-11-3-2-4-18(24)23-20(26)16-9-10-17(19(21)25)22-12-16/h2-12H,13H2,1H3,(H2,21,25). The van der Waals surface area contributed by atoms with Crippen LogP contribution < -0.4 is 11.2 Å². The number of aromatic nitrogens is 2. The molecule has 0 aliphatic rings. The van der Waals surface area contributed by atoms with Crippen LogP contribution >= 0.6 is 0 Å². The van der Waals surface area contributed by atoms with Gasteiger partial charge in [-0.15, -0.1) is 0 Å². The Morgan fingerprint density at radius 3 is 2.50 bits per heavy atom. The van der Waals surface area contributed by atoms with Gasteiger partial charge in [-0.25, -0.2) is 0 Å². The molecule has 2 amide bonds. The molecule has 0 fully saturated rings. The van der Waals surface area contributed by atoms with Crippen LogP contribution in [0.4, 0.5) is 0 Å². The van der Waals surface area contributed by atoms with Crippen molar-refractivity contribution in [3.8, 4) is 0 Å². The minimum atomic E-state index is -0.639. The molecule has 6 nitrogen and oxygen atoms in total. The van der Waals surface area contributed by atoms with E-state index in [2.05, 4.69) is 9.98 Å². The number of aryl methyl sites for hydroxylation is 1. The number of primary amides is 1. The van der Waals surface area contributed by atoms with Crippen LogP contribution in [-0.2, 0) is 6.54 Å². The summed E-state index contributed by atoms with van der Waals surface area (Å²) >= 11 is 0. The second-order valence-electron chi connectivity index (χ2n) is 5.89. The van der Waals surface area contributed by atoms with Crippen molar-refractivity contribution >= 4 is 11.8 Å². The highest BCUT2D eigenvalue weighted by molar-refractivity contribution is 5.96. The fraction of sp³-hybridized carbons (Fsp3) is 0.100. The van der Waals surface area contributed by atoms with Crippen molar-refractivity contribution in [3.63, 3.8) is 0 Å². The van der Waals surface area contributed by atoms with E-state index >= 15 is 0 Å². The molecule has 3 aromatic rings. The van der Waals surface area contributed by atoms with Crippen molar-refractivity contribution < 1.29 is 9.59 Å². The van der Waals surface area contributed by atoms with Crippen LogP contribution in [-0.4, -0.2) is 21.4 Å². The van der Waals surface area contributed by atoms with E-state index in [-0.39, 0.29) is 5.69 Å². The lowest BCUT2D eigenvalue weighted by molar-refractivity contribution is 0.0983. The SMILES string of the molecule is Cc1ccc(Cn2ccccc2=NC(=O)c2ccc(C(N)=O)nc2)cc1. The van der Waals surface area contributed by atoms with Crippen LogP contribution in [0.3, 0.4) is 0 Å². The van der Waals surface area contributed by atoms with Crippen molar-refractivity contribution in [1.82, 2.24) is 9.55 Å². The molecule has 2 aromatic heterocycles. The third kappa shape index (κ3) is 4.10. The van der Waals surface area contributed by atoms with E-state index in [0.29, 0.717) is 17.6 Å². The Labute approximate surface area is 150 Å². The number of nitrogens with zero attached hydrogens (tertiary/aromatic N) is 3. The highest BCUT2D eigenvalue weighted by atomic mass is 16.1. The van der Waals surface area contributed by atoms with E-state index in [4.69, 9.17) is 5.73 Å². The third-order valence-corrected chi connectivity index (χ3v) is 3.87. The zero-order valence-electron chi connectivity index (χ0n) is 14.3. The zero-order chi connectivity index (χ0) is 18.5. The van der Waals surface area contributed by atoms with Gasteiger partial charge in [0.25, 0.3) is 11.8 Å². The summed E-state index contributed by atoms with van der Waals surface area (Å²) in [4.78, 5) is 31.5. The van der Waals surface area contributed by atoms with E-state index in [9.17, 15) is 9.59 Å². The number of benzene rings is 1. The van der Waals surface area contributed by atoms with Crippen molar-refractivity contribution in [2.75, 3.05) is 0 Å². The van der Waals surface area contributed by atoms with E-state index in [1.54, 1.807) is 6.07 Å². The Balaban J connectivity index is 1.89. The number of nitrogens with two attached hydrogens (primary N) is 1. The molecular formula is C20H18N4O2. The predicted molar refractivity (Wildman–Crippen MR) is 97.4 cm³/mol. The number of pyridine rings is 2. The number of carbonyl (C=O) groups excluding carboxylic acids is 2. The summed E-state index contributed by atoms with van der Waals surface area (Å²) in [6.07, 6.45) is 3.18. The number of amides is 2. The highest BCUT2D eigenvalue weighted by Gasteiger charge is 2.07. The van der Waals surface area contributed by atoms with Gasteiger partial charge in [0, 0.05) is 18.9 Å². The summed E-state index contributed by atoms with van der Waals surface area (Å²) < 4.78 is 1.90. The number of hydrogen-bond acceptors (Lipinski definition) is 3. The molecule has 2 heterocycles. The Morgan fingerprint density at radius 2 is 1.85 bits per heavy atom.